The molecule has 0 fully saturated rings. The van der Waals surface area contributed by atoms with Crippen LogP contribution in [0.15, 0.2) is 12.2 Å². The summed E-state index contributed by atoms with van der Waals surface area (Å²) in [5.41, 5.74) is -4.03. The molecule has 2 N–H and O–H groups in total. The van der Waals surface area contributed by atoms with Crippen LogP contribution >= 0.6 is 0 Å². The summed E-state index contributed by atoms with van der Waals surface area (Å²) >= 11 is 0. The predicted octanol–water partition coefficient (Wildman–Crippen LogP) is -0.804. The molecule has 12 heavy (non-hydrogen) atoms. The molecule has 0 aliphatic heterocycles. The molecule has 0 spiro atoms. The average molecular weight is 170 g/mol. The topological polar surface area (TPSA) is 74.6 Å². The second-order valence-electron chi connectivity index (χ2n) is 3.21. The Kier molecular flexibility index (Phi) is 1.70. The van der Waals surface area contributed by atoms with Crippen molar-refractivity contribution in [2.24, 2.45) is 0 Å². The Labute approximate surface area is 69.5 Å². The molecule has 0 saturated carbocycles. The van der Waals surface area contributed by atoms with Crippen molar-refractivity contribution in [1.82, 2.24) is 0 Å². The zero-order valence-electron chi connectivity index (χ0n) is 6.87. The lowest BCUT2D eigenvalue weighted by molar-refractivity contribution is -0.171. The highest BCUT2D eigenvalue weighted by Gasteiger charge is 2.53. The van der Waals surface area contributed by atoms with Gasteiger partial charge in [-0.05, 0) is 26.0 Å². The van der Waals surface area contributed by atoms with Gasteiger partial charge in [-0.2, -0.15) is 0 Å². The van der Waals surface area contributed by atoms with Gasteiger partial charge in [0.15, 0.2) is 22.8 Å². The van der Waals surface area contributed by atoms with Crippen molar-refractivity contribution < 1.29 is 19.8 Å². The Morgan fingerprint density at radius 1 is 1.00 bits per heavy atom. The Balaban J connectivity index is 3.25. The first-order chi connectivity index (χ1) is 5.30. The van der Waals surface area contributed by atoms with E-state index in [4.69, 9.17) is 0 Å². The third-order valence-electron chi connectivity index (χ3n) is 2.29. The minimum Gasteiger partial charge on any atom is -0.378 e. The van der Waals surface area contributed by atoms with E-state index in [-0.39, 0.29) is 0 Å². The van der Waals surface area contributed by atoms with Gasteiger partial charge in [-0.3, -0.25) is 9.59 Å². The van der Waals surface area contributed by atoms with Gasteiger partial charge in [-0.25, -0.2) is 0 Å². The first-order valence-corrected chi connectivity index (χ1v) is 3.52. The maximum absolute atomic E-state index is 11.0. The van der Waals surface area contributed by atoms with Crippen LogP contribution < -0.4 is 0 Å². The van der Waals surface area contributed by atoms with Gasteiger partial charge in [-0.15, -0.1) is 0 Å². The third-order valence-corrected chi connectivity index (χ3v) is 2.29. The van der Waals surface area contributed by atoms with Crippen LogP contribution in [0.3, 0.4) is 0 Å². The van der Waals surface area contributed by atoms with E-state index in [0.717, 1.165) is 26.0 Å². The number of hydrogen-bond donors (Lipinski definition) is 2. The standard InChI is InChI=1S/C8H10O4/c1-7(11)5(9)3-4-6(10)8(7,2)12/h3-4,11-12H,1-2H3/t7-,8+. The van der Waals surface area contributed by atoms with Gasteiger partial charge in [0, 0.05) is 0 Å². The minimum atomic E-state index is -2.02. The fraction of sp³-hybridized carbons (Fsp3) is 0.500. The largest absolute Gasteiger partial charge is 0.378 e. The van der Waals surface area contributed by atoms with E-state index in [2.05, 4.69) is 0 Å². The monoisotopic (exact) mass is 170 g/mol. The molecule has 0 radical (unpaired) electrons. The molecule has 0 aromatic carbocycles. The molecule has 1 aliphatic rings. The smallest absolute Gasteiger partial charge is 0.190 e. The summed E-state index contributed by atoms with van der Waals surface area (Å²) in [4.78, 5) is 22.1. The van der Waals surface area contributed by atoms with Crippen LogP contribution in [0.2, 0.25) is 0 Å². The van der Waals surface area contributed by atoms with Crippen LogP contribution in [0.1, 0.15) is 13.8 Å². The van der Waals surface area contributed by atoms with Crippen molar-refractivity contribution >= 4 is 11.6 Å². The van der Waals surface area contributed by atoms with E-state index in [1.807, 2.05) is 0 Å². The van der Waals surface area contributed by atoms with Gasteiger partial charge >= 0.3 is 0 Å². The maximum Gasteiger partial charge on any atom is 0.190 e. The zero-order chi connectivity index (χ0) is 9.57. The summed E-state index contributed by atoms with van der Waals surface area (Å²) in [6.07, 6.45) is 1.95. The van der Waals surface area contributed by atoms with E-state index in [1.54, 1.807) is 0 Å². The predicted molar refractivity (Wildman–Crippen MR) is 40.4 cm³/mol. The van der Waals surface area contributed by atoms with Crippen LogP contribution in [0.4, 0.5) is 0 Å². The number of carbonyl (C=O) groups is 2. The first-order valence-electron chi connectivity index (χ1n) is 3.52. The summed E-state index contributed by atoms with van der Waals surface area (Å²) in [5.74, 6) is -1.32. The van der Waals surface area contributed by atoms with Gasteiger partial charge in [0.05, 0.1) is 0 Å². The molecule has 0 heterocycles. The summed E-state index contributed by atoms with van der Waals surface area (Å²) < 4.78 is 0. The molecular formula is C8H10O4. The molecule has 0 aromatic heterocycles. The van der Waals surface area contributed by atoms with E-state index in [0.29, 0.717) is 0 Å². The third kappa shape index (κ3) is 0.922. The molecule has 2 atom stereocenters. The highest BCUT2D eigenvalue weighted by atomic mass is 16.4. The average Bonchev–Trinajstić information content (AvgIpc) is 1.96. The normalized spacial score (nSPS) is 42.0. The van der Waals surface area contributed by atoms with Crippen LogP contribution in [-0.2, 0) is 9.59 Å². The number of aliphatic hydroxyl groups is 2. The van der Waals surface area contributed by atoms with Crippen molar-refractivity contribution in [3.63, 3.8) is 0 Å². The SMILES string of the molecule is C[C@]1(O)C(=O)C=CC(=O)[C@@]1(C)O. The van der Waals surface area contributed by atoms with Crippen LogP contribution in [0.25, 0.3) is 0 Å². The van der Waals surface area contributed by atoms with Crippen LogP contribution in [0, 0.1) is 0 Å². The van der Waals surface area contributed by atoms with Crippen LogP contribution in [-0.4, -0.2) is 33.0 Å². The summed E-state index contributed by atoms with van der Waals surface area (Å²) in [6, 6.07) is 0. The number of ketones is 2. The van der Waals surface area contributed by atoms with E-state index < -0.39 is 22.8 Å². The van der Waals surface area contributed by atoms with Crippen molar-refractivity contribution in [1.29, 1.82) is 0 Å². The van der Waals surface area contributed by atoms with Crippen molar-refractivity contribution in [2.75, 3.05) is 0 Å². The van der Waals surface area contributed by atoms with Gasteiger partial charge < -0.3 is 10.2 Å². The highest BCUT2D eigenvalue weighted by Crippen LogP contribution is 2.28. The summed E-state index contributed by atoms with van der Waals surface area (Å²) in [7, 11) is 0. The lowest BCUT2D eigenvalue weighted by atomic mass is 9.76. The summed E-state index contributed by atoms with van der Waals surface area (Å²) in [5, 5.41) is 18.9. The molecule has 0 bridgehead atoms. The van der Waals surface area contributed by atoms with Crippen molar-refractivity contribution in [3.05, 3.63) is 12.2 Å². The van der Waals surface area contributed by atoms with Gasteiger partial charge in [0.1, 0.15) is 0 Å². The summed E-state index contributed by atoms with van der Waals surface area (Å²) in [6.45, 7) is 2.24. The number of rotatable bonds is 0. The molecule has 1 rings (SSSR count). The zero-order valence-corrected chi connectivity index (χ0v) is 6.87. The fourth-order valence-corrected chi connectivity index (χ4v) is 0.956. The molecule has 4 heteroatoms. The molecule has 0 unspecified atom stereocenters. The molecular weight excluding hydrogens is 160 g/mol. The molecule has 1 aliphatic carbocycles. The molecule has 0 saturated heterocycles. The lowest BCUT2D eigenvalue weighted by Crippen LogP contribution is -2.61. The highest BCUT2D eigenvalue weighted by molar-refractivity contribution is 6.13. The van der Waals surface area contributed by atoms with Gasteiger partial charge in [0.25, 0.3) is 0 Å². The number of carbonyl (C=O) groups excluding carboxylic acids is 2. The van der Waals surface area contributed by atoms with E-state index >= 15 is 0 Å². The van der Waals surface area contributed by atoms with Gasteiger partial charge in [-0.1, -0.05) is 0 Å². The maximum atomic E-state index is 11.0. The molecule has 0 aromatic rings. The molecule has 66 valence electrons. The van der Waals surface area contributed by atoms with E-state index in [9.17, 15) is 19.8 Å². The minimum absolute atomic E-state index is 0.660. The van der Waals surface area contributed by atoms with Crippen LogP contribution in [0.5, 0.6) is 0 Å². The Bertz CT molecular complexity index is 245. The Morgan fingerprint density at radius 2 is 1.25 bits per heavy atom. The van der Waals surface area contributed by atoms with Crippen molar-refractivity contribution in [2.45, 2.75) is 25.0 Å². The van der Waals surface area contributed by atoms with Gasteiger partial charge in [0.2, 0.25) is 0 Å². The molecule has 4 nitrogen and oxygen atoms in total. The Morgan fingerprint density at radius 3 is 1.50 bits per heavy atom. The van der Waals surface area contributed by atoms with Crippen molar-refractivity contribution in [3.8, 4) is 0 Å². The number of hydrogen-bond acceptors (Lipinski definition) is 4. The second kappa shape index (κ2) is 2.24. The second-order valence-corrected chi connectivity index (χ2v) is 3.21. The first kappa shape index (κ1) is 9.09. The fourth-order valence-electron chi connectivity index (χ4n) is 0.956. The molecule has 0 amide bonds. The Hall–Kier alpha value is -1.00. The van der Waals surface area contributed by atoms with E-state index in [1.165, 1.54) is 0 Å². The lowest BCUT2D eigenvalue weighted by Gasteiger charge is -2.36. The quantitative estimate of drug-likeness (QED) is 0.499.